The number of halogens is 3. The first-order valence-electron chi connectivity index (χ1n) is 10.7. The standard InChI is InChI=1S/C23H28F3N3O/c24-23(25,26)20-12-18(14-29-16-20)13-28-10-7-21(19-4-3-9-27-15-19)8-11-30-22(17-21)5-1-2-6-22/h3-4,9,12,14-16,28H,1-2,5-8,10-11,13,17H2/t21-/m0/s1. The molecule has 2 aromatic heterocycles. The number of hydrogen-bond donors (Lipinski definition) is 1. The van der Waals surface area contributed by atoms with Crippen molar-refractivity contribution in [1.82, 2.24) is 15.3 Å². The summed E-state index contributed by atoms with van der Waals surface area (Å²) in [5.41, 5.74) is 1.03. The van der Waals surface area contributed by atoms with Crippen LogP contribution in [0.5, 0.6) is 0 Å². The summed E-state index contributed by atoms with van der Waals surface area (Å²) in [6, 6.07) is 5.30. The van der Waals surface area contributed by atoms with Crippen molar-refractivity contribution >= 4 is 0 Å². The van der Waals surface area contributed by atoms with E-state index in [-0.39, 0.29) is 11.0 Å². The molecule has 0 unspecified atom stereocenters. The molecule has 7 heteroatoms. The van der Waals surface area contributed by atoms with Gasteiger partial charge in [0.15, 0.2) is 0 Å². The normalized spacial score (nSPS) is 23.7. The fraction of sp³-hybridized carbons (Fsp3) is 0.565. The number of alkyl halides is 3. The molecule has 1 aliphatic carbocycles. The number of pyridine rings is 2. The number of hydrogen-bond acceptors (Lipinski definition) is 4. The van der Waals surface area contributed by atoms with Crippen molar-refractivity contribution < 1.29 is 17.9 Å². The van der Waals surface area contributed by atoms with Crippen molar-refractivity contribution in [2.75, 3.05) is 13.2 Å². The second-order valence-corrected chi connectivity index (χ2v) is 8.69. The highest BCUT2D eigenvalue weighted by Crippen LogP contribution is 2.49. The van der Waals surface area contributed by atoms with Crippen LogP contribution in [0.15, 0.2) is 43.0 Å². The van der Waals surface area contributed by atoms with E-state index < -0.39 is 11.7 Å². The van der Waals surface area contributed by atoms with Gasteiger partial charge in [-0.2, -0.15) is 13.2 Å². The molecule has 1 aliphatic heterocycles. The minimum Gasteiger partial charge on any atom is -0.375 e. The monoisotopic (exact) mass is 419 g/mol. The third-order valence-corrected chi connectivity index (χ3v) is 6.67. The van der Waals surface area contributed by atoms with Crippen LogP contribution in [0.3, 0.4) is 0 Å². The maximum atomic E-state index is 12.9. The van der Waals surface area contributed by atoms with E-state index in [0.29, 0.717) is 18.7 Å². The van der Waals surface area contributed by atoms with Crippen LogP contribution in [-0.2, 0) is 22.9 Å². The molecule has 1 saturated carbocycles. The van der Waals surface area contributed by atoms with Gasteiger partial charge in [0.2, 0.25) is 0 Å². The number of aromatic nitrogens is 2. The van der Waals surface area contributed by atoms with Crippen molar-refractivity contribution in [2.45, 2.75) is 68.7 Å². The maximum Gasteiger partial charge on any atom is 0.417 e. The lowest BCUT2D eigenvalue weighted by molar-refractivity contribution is -0.137. The molecule has 2 aliphatic rings. The predicted molar refractivity (Wildman–Crippen MR) is 108 cm³/mol. The van der Waals surface area contributed by atoms with Gasteiger partial charge in [0.1, 0.15) is 0 Å². The largest absolute Gasteiger partial charge is 0.417 e. The van der Waals surface area contributed by atoms with Gasteiger partial charge in [-0.25, -0.2) is 0 Å². The molecule has 1 N–H and O–H groups in total. The average molecular weight is 419 g/mol. The summed E-state index contributed by atoms with van der Waals surface area (Å²) in [7, 11) is 0. The number of nitrogens with zero attached hydrogens (tertiary/aromatic N) is 2. The van der Waals surface area contributed by atoms with Crippen molar-refractivity contribution in [3.8, 4) is 0 Å². The van der Waals surface area contributed by atoms with Crippen LogP contribution < -0.4 is 5.32 Å². The first-order chi connectivity index (χ1) is 14.4. The van der Waals surface area contributed by atoms with E-state index in [0.717, 1.165) is 44.9 Å². The zero-order chi connectivity index (χ0) is 21.1. The lowest BCUT2D eigenvalue weighted by Gasteiger charge is -2.47. The molecule has 1 saturated heterocycles. The highest BCUT2D eigenvalue weighted by atomic mass is 19.4. The Morgan fingerprint density at radius 2 is 1.90 bits per heavy atom. The Labute approximate surface area is 175 Å². The minimum atomic E-state index is -4.37. The van der Waals surface area contributed by atoms with Crippen LogP contribution in [0.4, 0.5) is 13.2 Å². The van der Waals surface area contributed by atoms with Crippen LogP contribution in [0.2, 0.25) is 0 Å². The lowest BCUT2D eigenvalue weighted by Crippen LogP contribution is -2.47. The van der Waals surface area contributed by atoms with Gasteiger partial charge >= 0.3 is 6.18 Å². The van der Waals surface area contributed by atoms with E-state index in [9.17, 15) is 13.2 Å². The van der Waals surface area contributed by atoms with Crippen LogP contribution in [0, 0.1) is 0 Å². The zero-order valence-corrected chi connectivity index (χ0v) is 17.0. The molecule has 2 aromatic rings. The second-order valence-electron chi connectivity index (χ2n) is 8.69. The fourth-order valence-corrected chi connectivity index (χ4v) is 5.14. The molecule has 0 amide bonds. The summed E-state index contributed by atoms with van der Waals surface area (Å²) in [5.74, 6) is 0. The fourth-order valence-electron chi connectivity index (χ4n) is 5.14. The lowest BCUT2D eigenvalue weighted by atomic mass is 9.66. The van der Waals surface area contributed by atoms with Gasteiger partial charge in [-0.1, -0.05) is 18.9 Å². The van der Waals surface area contributed by atoms with Crippen molar-refractivity contribution in [3.63, 3.8) is 0 Å². The molecule has 2 fully saturated rings. The topological polar surface area (TPSA) is 47.0 Å². The van der Waals surface area contributed by atoms with Gasteiger partial charge in [0.25, 0.3) is 0 Å². The second kappa shape index (κ2) is 8.63. The third kappa shape index (κ3) is 4.67. The first kappa shape index (κ1) is 21.2. The van der Waals surface area contributed by atoms with E-state index >= 15 is 0 Å². The molecule has 162 valence electrons. The van der Waals surface area contributed by atoms with Crippen LogP contribution in [-0.4, -0.2) is 28.7 Å². The Morgan fingerprint density at radius 3 is 2.63 bits per heavy atom. The van der Waals surface area contributed by atoms with Crippen LogP contribution >= 0.6 is 0 Å². The molecule has 0 bridgehead atoms. The van der Waals surface area contributed by atoms with Gasteiger partial charge in [-0.3, -0.25) is 9.97 Å². The Morgan fingerprint density at radius 1 is 1.07 bits per heavy atom. The molecule has 4 nitrogen and oxygen atoms in total. The molecule has 4 rings (SSSR count). The molecular weight excluding hydrogens is 391 g/mol. The van der Waals surface area contributed by atoms with Crippen molar-refractivity contribution in [1.29, 1.82) is 0 Å². The van der Waals surface area contributed by atoms with Crippen LogP contribution in [0.1, 0.15) is 61.6 Å². The number of ether oxygens (including phenoxy) is 1. The van der Waals surface area contributed by atoms with E-state index in [1.54, 1.807) is 6.20 Å². The molecule has 1 atom stereocenters. The number of rotatable bonds is 6. The van der Waals surface area contributed by atoms with E-state index in [1.165, 1.54) is 30.7 Å². The molecular formula is C23H28F3N3O. The van der Waals surface area contributed by atoms with Gasteiger partial charge in [0, 0.05) is 43.4 Å². The summed E-state index contributed by atoms with van der Waals surface area (Å²) < 4.78 is 45.0. The minimum absolute atomic E-state index is 0.0179. The molecule has 0 aromatic carbocycles. The predicted octanol–water partition coefficient (Wildman–Crippen LogP) is 5.04. The van der Waals surface area contributed by atoms with E-state index in [2.05, 4.69) is 21.4 Å². The number of nitrogens with one attached hydrogen (secondary N) is 1. The van der Waals surface area contributed by atoms with E-state index in [4.69, 9.17) is 4.74 Å². The van der Waals surface area contributed by atoms with E-state index in [1.807, 2.05) is 12.3 Å². The zero-order valence-electron chi connectivity index (χ0n) is 17.0. The van der Waals surface area contributed by atoms with Crippen molar-refractivity contribution in [3.05, 3.63) is 59.7 Å². The molecule has 3 heterocycles. The summed E-state index contributed by atoms with van der Waals surface area (Å²) in [6.07, 6.45) is 9.20. The summed E-state index contributed by atoms with van der Waals surface area (Å²) >= 11 is 0. The maximum absolute atomic E-state index is 12.9. The SMILES string of the molecule is FC(F)(F)c1cncc(CNCC[C@]2(c3cccnc3)CCOC3(CCCC3)C2)c1. The Bertz CT molecular complexity index is 837. The average Bonchev–Trinajstić information content (AvgIpc) is 3.19. The van der Waals surface area contributed by atoms with Gasteiger partial charge in [-0.15, -0.1) is 0 Å². The van der Waals surface area contributed by atoms with Gasteiger partial charge < -0.3 is 10.1 Å². The highest BCUT2D eigenvalue weighted by molar-refractivity contribution is 5.25. The molecule has 0 radical (unpaired) electrons. The summed E-state index contributed by atoms with van der Waals surface area (Å²) in [4.78, 5) is 8.10. The Kier molecular flexibility index (Phi) is 6.11. The Balaban J connectivity index is 1.43. The van der Waals surface area contributed by atoms with Gasteiger partial charge in [0.05, 0.1) is 11.2 Å². The first-order valence-corrected chi connectivity index (χ1v) is 10.7. The summed E-state index contributed by atoms with van der Waals surface area (Å²) in [6.45, 7) is 1.81. The third-order valence-electron chi connectivity index (χ3n) is 6.67. The van der Waals surface area contributed by atoms with Crippen LogP contribution in [0.25, 0.3) is 0 Å². The highest BCUT2D eigenvalue weighted by Gasteiger charge is 2.47. The molecule has 1 spiro atoms. The van der Waals surface area contributed by atoms with Gasteiger partial charge in [-0.05, 0) is 61.9 Å². The molecule has 30 heavy (non-hydrogen) atoms. The van der Waals surface area contributed by atoms with Crippen molar-refractivity contribution in [2.24, 2.45) is 0 Å². The Hall–Kier alpha value is -1.99. The quantitative estimate of drug-likeness (QED) is 0.667. The summed E-state index contributed by atoms with van der Waals surface area (Å²) in [5, 5.41) is 3.33. The smallest absolute Gasteiger partial charge is 0.375 e.